The van der Waals surface area contributed by atoms with Crippen molar-refractivity contribution >= 4 is 10.8 Å². The summed E-state index contributed by atoms with van der Waals surface area (Å²) in [6, 6.07) is 16.3. The molecule has 4 rings (SSSR count). The Labute approximate surface area is 216 Å². The SMILES string of the molecule is CCCc1ccc2cc(-c3ccc(C(F)(F)Oc4cc(F)c(C(F)(F)OC(F)(F)F)c(F)c4)cc3)ccc2c1. The van der Waals surface area contributed by atoms with Gasteiger partial charge in [0.15, 0.2) is 0 Å². The summed E-state index contributed by atoms with van der Waals surface area (Å²) in [5, 5.41) is 1.97. The molecule has 2 nitrogen and oxygen atoms in total. The van der Waals surface area contributed by atoms with Crippen molar-refractivity contribution in [2.45, 2.75) is 38.3 Å². The Hall–Kier alpha value is -3.73. The first-order valence-electron chi connectivity index (χ1n) is 11.5. The molecule has 0 heterocycles. The number of hydrogen-bond acceptors (Lipinski definition) is 2. The van der Waals surface area contributed by atoms with E-state index in [9.17, 15) is 39.5 Å². The third-order valence-electron chi connectivity index (χ3n) is 5.79. The number of halogens is 9. The van der Waals surface area contributed by atoms with Gasteiger partial charge in [0, 0.05) is 12.1 Å². The maximum Gasteiger partial charge on any atom is 0.527 e. The van der Waals surface area contributed by atoms with E-state index in [1.165, 1.54) is 17.7 Å². The maximum absolute atomic E-state index is 14.7. The van der Waals surface area contributed by atoms with Crippen LogP contribution >= 0.6 is 0 Å². The summed E-state index contributed by atoms with van der Waals surface area (Å²) in [4.78, 5) is 0. The standard InChI is InChI=1S/C28H19F9O2/c1-2-3-16-4-5-20-13-19(7-6-18(20)12-16)17-8-10-21(11-9-17)26(31,32)38-22-14-23(29)25(24(30)15-22)27(33,34)39-28(35,36)37/h4-15H,2-3H2,1H3. The fourth-order valence-corrected chi connectivity index (χ4v) is 4.07. The van der Waals surface area contributed by atoms with E-state index in [-0.39, 0.29) is 12.1 Å². The fraction of sp³-hybridized carbons (Fsp3) is 0.214. The first kappa shape index (κ1) is 28.3. The van der Waals surface area contributed by atoms with Crippen LogP contribution in [0.15, 0.2) is 72.8 Å². The first-order chi connectivity index (χ1) is 18.2. The third kappa shape index (κ3) is 6.47. The van der Waals surface area contributed by atoms with Gasteiger partial charge < -0.3 is 4.74 Å². The number of alkyl halides is 7. The van der Waals surface area contributed by atoms with Crippen LogP contribution in [0, 0.1) is 11.6 Å². The second kappa shape index (κ2) is 10.4. The van der Waals surface area contributed by atoms with Crippen LogP contribution in [-0.4, -0.2) is 6.36 Å². The number of benzene rings is 4. The molecule has 0 aromatic heterocycles. The van der Waals surface area contributed by atoms with Crippen molar-refractivity contribution in [3.05, 3.63) is 101 Å². The van der Waals surface area contributed by atoms with Gasteiger partial charge in [-0.3, -0.25) is 0 Å². The average Bonchev–Trinajstić information content (AvgIpc) is 2.81. The lowest BCUT2D eigenvalue weighted by atomic mass is 9.98. The van der Waals surface area contributed by atoms with Gasteiger partial charge in [0.25, 0.3) is 0 Å². The van der Waals surface area contributed by atoms with Gasteiger partial charge in [0.2, 0.25) is 0 Å². The molecule has 0 aliphatic rings. The highest BCUT2D eigenvalue weighted by atomic mass is 19.4. The number of aryl methyl sites for hydroxylation is 1. The van der Waals surface area contributed by atoms with Crippen LogP contribution in [0.2, 0.25) is 0 Å². The summed E-state index contributed by atoms with van der Waals surface area (Å²) < 4.78 is 128. The predicted octanol–water partition coefficient (Wildman–Crippen LogP) is 9.45. The molecule has 0 fully saturated rings. The molecule has 0 unspecified atom stereocenters. The van der Waals surface area contributed by atoms with Gasteiger partial charge in [0.1, 0.15) is 22.9 Å². The predicted molar refractivity (Wildman–Crippen MR) is 125 cm³/mol. The molecule has 0 saturated heterocycles. The Balaban J connectivity index is 1.55. The van der Waals surface area contributed by atoms with Gasteiger partial charge in [-0.1, -0.05) is 55.8 Å². The van der Waals surface area contributed by atoms with Crippen LogP contribution < -0.4 is 4.74 Å². The molecule has 0 amide bonds. The molecule has 11 heteroatoms. The molecule has 4 aromatic rings. The minimum Gasteiger partial charge on any atom is -0.429 e. The Kier molecular flexibility index (Phi) is 7.57. The average molecular weight is 558 g/mol. The molecule has 4 aromatic carbocycles. The summed E-state index contributed by atoms with van der Waals surface area (Å²) in [6.07, 6.45) is -13.6. The van der Waals surface area contributed by atoms with E-state index in [4.69, 9.17) is 0 Å². The summed E-state index contributed by atoms with van der Waals surface area (Å²) >= 11 is 0. The van der Waals surface area contributed by atoms with E-state index >= 15 is 0 Å². The smallest absolute Gasteiger partial charge is 0.429 e. The molecule has 0 radical (unpaired) electrons. The van der Waals surface area contributed by atoms with Crippen molar-refractivity contribution in [3.63, 3.8) is 0 Å². The number of ether oxygens (including phenoxy) is 2. The van der Waals surface area contributed by atoms with Gasteiger partial charge in [-0.15, -0.1) is 13.2 Å². The van der Waals surface area contributed by atoms with Crippen molar-refractivity contribution in [2.75, 3.05) is 0 Å². The number of fused-ring (bicyclic) bond motifs is 1. The summed E-state index contributed by atoms with van der Waals surface area (Å²) in [5.74, 6) is -5.78. The molecule has 39 heavy (non-hydrogen) atoms. The molecule has 0 spiro atoms. The zero-order valence-electron chi connectivity index (χ0n) is 20.1. The van der Waals surface area contributed by atoms with Crippen LogP contribution in [0.3, 0.4) is 0 Å². The van der Waals surface area contributed by atoms with E-state index < -0.39 is 47.1 Å². The van der Waals surface area contributed by atoms with Gasteiger partial charge in [-0.25, -0.2) is 13.5 Å². The maximum atomic E-state index is 14.7. The molecular formula is C28H19F9O2. The third-order valence-corrected chi connectivity index (χ3v) is 5.79. The van der Waals surface area contributed by atoms with Gasteiger partial charge >= 0.3 is 18.6 Å². The van der Waals surface area contributed by atoms with Crippen molar-refractivity contribution in [2.24, 2.45) is 0 Å². The van der Waals surface area contributed by atoms with Crippen molar-refractivity contribution in [3.8, 4) is 16.9 Å². The summed E-state index contributed by atoms with van der Waals surface area (Å²) in [5.41, 5.74) is -0.614. The second-order valence-corrected chi connectivity index (χ2v) is 8.67. The lowest BCUT2D eigenvalue weighted by molar-refractivity contribution is -0.432. The van der Waals surface area contributed by atoms with Crippen molar-refractivity contribution in [1.29, 1.82) is 0 Å². The minimum absolute atomic E-state index is 0.0880. The lowest BCUT2D eigenvalue weighted by Crippen LogP contribution is -2.30. The Morgan fingerprint density at radius 2 is 1.21 bits per heavy atom. The van der Waals surface area contributed by atoms with Crippen LogP contribution in [0.1, 0.15) is 30.0 Å². The van der Waals surface area contributed by atoms with E-state index in [2.05, 4.69) is 22.5 Å². The molecule has 0 aliphatic heterocycles. The van der Waals surface area contributed by atoms with E-state index in [1.807, 2.05) is 30.3 Å². The Morgan fingerprint density at radius 3 is 1.79 bits per heavy atom. The van der Waals surface area contributed by atoms with Crippen LogP contribution in [0.4, 0.5) is 39.5 Å². The van der Waals surface area contributed by atoms with Gasteiger partial charge in [0.05, 0.1) is 5.56 Å². The van der Waals surface area contributed by atoms with E-state index in [1.54, 1.807) is 0 Å². The molecular weight excluding hydrogens is 539 g/mol. The highest BCUT2D eigenvalue weighted by Gasteiger charge is 2.49. The van der Waals surface area contributed by atoms with Gasteiger partial charge in [-0.05, 0) is 52.1 Å². The minimum atomic E-state index is -5.93. The molecule has 206 valence electrons. The zero-order valence-corrected chi connectivity index (χ0v) is 20.1. The summed E-state index contributed by atoms with van der Waals surface area (Å²) in [6.45, 7) is 2.08. The van der Waals surface area contributed by atoms with Crippen LogP contribution in [-0.2, 0) is 23.4 Å². The Bertz CT molecular complexity index is 1460. The highest BCUT2D eigenvalue weighted by molar-refractivity contribution is 5.87. The molecule has 0 N–H and O–H groups in total. The summed E-state index contributed by atoms with van der Waals surface area (Å²) in [7, 11) is 0. The number of hydrogen-bond donors (Lipinski definition) is 0. The number of rotatable bonds is 8. The van der Waals surface area contributed by atoms with Gasteiger partial charge in [-0.2, -0.15) is 17.6 Å². The van der Waals surface area contributed by atoms with Crippen LogP contribution in [0.25, 0.3) is 21.9 Å². The Morgan fingerprint density at radius 1 is 0.641 bits per heavy atom. The van der Waals surface area contributed by atoms with E-state index in [0.717, 1.165) is 41.3 Å². The molecule has 0 atom stereocenters. The van der Waals surface area contributed by atoms with Crippen molar-refractivity contribution in [1.82, 2.24) is 0 Å². The zero-order chi connectivity index (χ0) is 28.6. The molecule has 0 bridgehead atoms. The highest BCUT2D eigenvalue weighted by Crippen LogP contribution is 2.41. The van der Waals surface area contributed by atoms with E-state index in [0.29, 0.717) is 5.56 Å². The quantitative estimate of drug-likeness (QED) is 0.201. The monoisotopic (exact) mass is 558 g/mol. The van der Waals surface area contributed by atoms with Crippen LogP contribution in [0.5, 0.6) is 5.75 Å². The normalized spacial score (nSPS) is 12.7. The second-order valence-electron chi connectivity index (χ2n) is 8.67. The van der Waals surface area contributed by atoms with Crippen molar-refractivity contribution < 1.29 is 49.0 Å². The topological polar surface area (TPSA) is 18.5 Å². The first-order valence-corrected chi connectivity index (χ1v) is 11.5. The molecule has 0 saturated carbocycles. The fourth-order valence-electron chi connectivity index (χ4n) is 4.07. The largest absolute Gasteiger partial charge is 0.527 e. The molecule has 0 aliphatic carbocycles. The lowest BCUT2D eigenvalue weighted by Gasteiger charge is -2.22.